The lowest BCUT2D eigenvalue weighted by molar-refractivity contribution is -0.143. The molecule has 0 aliphatic carbocycles. The van der Waals surface area contributed by atoms with Gasteiger partial charge in [-0.1, -0.05) is 6.07 Å². The van der Waals surface area contributed by atoms with Crippen LogP contribution in [-0.4, -0.2) is 27.7 Å². The molecule has 0 spiro atoms. The van der Waals surface area contributed by atoms with E-state index in [2.05, 4.69) is 4.98 Å². The van der Waals surface area contributed by atoms with E-state index in [4.69, 9.17) is 5.11 Å². The summed E-state index contributed by atoms with van der Waals surface area (Å²) in [6, 6.07) is 5.06. The first-order chi connectivity index (χ1) is 6.18. The minimum Gasteiger partial charge on any atom is -0.480 e. The van der Waals surface area contributed by atoms with E-state index in [0.29, 0.717) is 5.69 Å². The smallest absolute Gasteiger partial charge is 0.320 e. The van der Waals surface area contributed by atoms with Crippen molar-refractivity contribution < 1.29 is 14.4 Å². The predicted molar refractivity (Wildman–Crippen MR) is 43.4 cm³/mol. The summed E-state index contributed by atoms with van der Waals surface area (Å²) in [5, 5.41) is 8.46. The number of hydrogen-bond donors (Lipinski definition) is 1. The molecular weight excluding hydrogens is 175 g/mol. The van der Waals surface area contributed by atoms with Crippen LogP contribution in [0.25, 0.3) is 0 Å². The topological polar surface area (TPSA) is 53.4 Å². The number of rotatable bonds is 4. The van der Waals surface area contributed by atoms with E-state index in [1.165, 1.54) is 6.20 Å². The molecule has 0 aliphatic heterocycles. The number of carboxylic acid groups (broad SMARTS) is 1. The van der Waals surface area contributed by atoms with Gasteiger partial charge in [0, 0.05) is 6.20 Å². The number of hydrogen-bond acceptors (Lipinski definition) is 3. The molecular formula is C8H9FN2O2. The van der Waals surface area contributed by atoms with Crippen molar-refractivity contribution in [1.29, 1.82) is 0 Å². The Kier molecular flexibility index (Phi) is 3.33. The molecule has 4 nitrogen and oxygen atoms in total. The maximum atomic E-state index is 12.8. The Morgan fingerprint density at radius 1 is 1.62 bits per heavy atom. The normalized spacial score (nSPS) is 10.3. The number of carboxylic acids is 1. The van der Waals surface area contributed by atoms with Gasteiger partial charge in [0.15, 0.2) is 0 Å². The third kappa shape index (κ3) is 3.62. The molecule has 0 saturated heterocycles. The van der Waals surface area contributed by atoms with Crippen molar-refractivity contribution in [3.63, 3.8) is 0 Å². The molecule has 0 unspecified atom stereocenters. The standard InChI is InChI=1S/C8H9FN2O2/c9-11(6-8(12)13)5-7-3-1-2-4-10-7/h1-4H,5-6H2,(H,12,13). The highest BCUT2D eigenvalue weighted by Crippen LogP contribution is 2.00. The number of aliphatic carboxylic acids is 1. The number of halogens is 1. The lowest BCUT2D eigenvalue weighted by Crippen LogP contribution is -2.21. The molecule has 0 aromatic carbocycles. The molecule has 70 valence electrons. The first kappa shape index (κ1) is 9.60. The van der Waals surface area contributed by atoms with Gasteiger partial charge in [-0.3, -0.25) is 9.78 Å². The van der Waals surface area contributed by atoms with E-state index in [0.717, 1.165) is 0 Å². The molecule has 0 bridgehead atoms. The Balaban J connectivity index is 2.45. The molecule has 0 fully saturated rings. The molecule has 0 radical (unpaired) electrons. The van der Waals surface area contributed by atoms with Crippen molar-refractivity contribution in [1.82, 2.24) is 10.1 Å². The van der Waals surface area contributed by atoms with Crippen LogP contribution in [0.1, 0.15) is 5.69 Å². The molecule has 1 N–H and O–H groups in total. The Hall–Kier alpha value is -1.49. The van der Waals surface area contributed by atoms with Gasteiger partial charge in [-0.2, -0.15) is 0 Å². The predicted octanol–water partition coefficient (Wildman–Crippen LogP) is 0.853. The molecule has 0 aliphatic rings. The van der Waals surface area contributed by atoms with Gasteiger partial charge in [0.1, 0.15) is 6.54 Å². The lowest BCUT2D eigenvalue weighted by Gasteiger charge is -2.07. The minimum atomic E-state index is -1.20. The second-order valence-electron chi connectivity index (χ2n) is 2.49. The Bertz CT molecular complexity index is 279. The second-order valence-corrected chi connectivity index (χ2v) is 2.49. The monoisotopic (exact) mass is 184 g/mol. The summed E-state index contributed by atoms with van der Waals surface area (Å²) in [6.07, 6.45) is 1.53. The van der Waals surface area contributed by atoms with Crippen LogP contribution < -0.4 is 0 Å². The average molecular weight is 184 g/mol. The first-order valence-corrected chi connectivity index (χ1v) is 3.71. The summed E-state index contributed by atoms with van der Waals surface area (Å²) in [7, 11) is 0. The van der Waals surface area contributed by atoms with Crippen LogP contribution >= 0.6 is 0 Å². The van der Waals surface area contributed by atoms with Crippen LogP contribution in [0.3, 0.4) is 0 Å². The second kappa shape index (κ2) is 4.51. The van der Waals surface area contributed by atoms with Crippen molar-refractivity contribution in [3.8, 4) is 0 Å². The SMILES string of the molecule is O=C(O)CN(F)Cc1ccccn1. The van der Waals surface area contributed by atoms with Gasteiger partial charge in [-0.15, -0.1) is 9.60 Å². The average Bonchev–Trinajstić information content (AvgIpc) is 2.04. The largest absolute Gasteiger partial charge is 0.480 e. The summed E-state index contributed by atoms with van der Waals surface area (Å²) in [6.45, 7) is -0.732. The van der Waals surface area contributed by atoms with Gasteiger partial charge >= 0.3 is 5.97 Å². The molecule has 0 amide bonds. The van der Waals surface area contributed by atoms with Gasteiger partial charge in [0.25, 0.3) is 0 Å². The highest BCUT2D eigenvalue weighted by molar-refractivity contribution is 5.68. The van der Waals surface area contributed by atoms with Gasteiger partial charge in [-0.25, -0.2) is 0 Å². The molecule has 1 aromatic rings. The molecule has 1 aromatic heterocycles. The number of aromatic nitrogens is 1. The van der Waals surface area contributed by atoms with E-state index in [-0.39, 0.29) is 11.7 Å². The Morgan fingerprint density at radius 2 is 2.38 bits per heavy atom. The van der Waals surface area contributed by atoms with Crippen molar-refractivity contribution in [2.45, 2.75) is 6.54 Å². The van der Waals surface area contributed by atoms with E-state index in [1.54, 1.807) is 18.2 Å². The van der Waals surface area contributed by atoms with E-state index < -0.39 is 12.5 Å². The summed E-state index contributed by atoms with van der Waals surface area (Å²) in [5.74, 6) is -1.20. The molecule has 1 heterocycles. The summed E-state index contributed by atoms with van der Waals surface area (Å²) >= 11 is 0. The van der Waals surface area contributed by atoms with Gasteiger partial charge < -0.3 is 5.11 Å². The zero-order valence-electron chi connectivity index (χ0n) is 6.85. The fourth-order valence-corrected chi connectivity index (χ4v) is 0.870. The summed E-state index contributed by atoms with van der Waals surface area (Å²) in [5.41, 5.74) is 0.506. The van der Waals surface area contributed by atoms with Gasteiger partial charge in [0.2, 0.25) is 0 Å². The van der Waals surface area contributed by atoms with E-state index in [9.17, 15) is 9.28 Å². The third-order valence-electron chi connectivity index (χ3n) is 1.37. The maximum Gasteiger partial charge on any atom is 0.320 e. The van der Waals surface area contributed by atoms with Crippen LogP contribution in [0, 0.1) is 0 Å². The first-order valence-electron chi connectivity index (χ1n) is 3.71. The number of carbonyl (C=O) groups is 1. The van der Waals surface area contributed by atoms with Crippen LogP contribution in [0.15, 0.2) is 24.4 Å². The maximum absolute atomic E-state index is 12.8. The highest BCUT2D eigenvalue weighted by Gasteiger charge is 2.08. The quantitative estimate of drug-likeness (QED) is 0.705. The molecule has 0 saturated carbocycles. The van der Waals surface area contributed by atoms with Gasteiger partial charge in [-0.05, 0) is 12.1 Å². The fourth-order valence-electron chi connectivity index (χ4n) is 0.870. The third-order valence-corrected chi connectivity index (χ3v) is 1.37. The highest BCUT2D eigenvalue weighted by atomic mass is 19.2. The van der Waals surface area contributed by atoms with Crippen LogP contribution in [0.4, 0.5) is 4.48 Å². The van der Waals surface area contributed by atoms with Crippen LogP contribution in [0.2, 0.25) is 0 Å². The van der Waals surface area contributed by atoms with E-state index >= 15 is 0 Å². The van der Waals surface area contributed by atoms with Crippen LogP contribution in [-0.2, 0) is 11.3 Å². The fraction of sp³-hybridized carbons (Fsp3) is 0.250. The Morgan fingerprint density at radius 3 is 2.92 bits per heavy atom. The number of pyridine rings is 1. The molecule has 0 atom stereocenters. The Labute approximate surface area is 74.6 Å². The zero-order valence-corrected chi connectivity index (χ0v) is 6.85. The van der Waals surface area contributed by atoms with Crippen molar-refractivity contribution >= 4 is 5.97 Å². The summed E-state index contributed by atoms with van der Waals surface area (Å²) < 4.78 is 12.8. The van der Waals surface area contributed by atoms with E-state index in [1.807, 2.05) is 0 Å². The zero-order chi connectivity index (χ0) is 9.68. The molecule has 5 heteroatoms. The van der Waals surface area contributed by atoms with Crippen molar-refractivity contribution in [2.75, 3.05) is 6.54 Å². The lowest BCUT2D eigenvalue weighted by atomic mass is 10.3. The van der Waals surface area contributed by atoms with Gasteiger partial charge in [0.05, 0.1) is 12.2 Å². The molecule has 13 heavy (non-hydrogen) atoms. The summed E-state index contributed by atoms with van der Waals surface area (Å²) in [4.78, 5) is 13.9. The van der Waals surface area contributed by atoms with Crippen molar-refractivity contribution in [2.24, 2.45) is 0 Å². The van der Waals surface area contributed by atoms with Crippen LogP contribution in [0.5, 0.6) is 0 Å². The molecule has 1 rings (SSSR count). The number of nitrogens with zero attached hydrogens (tertiary/aromatic N) is 2. The minimum absolute atomic E-state index is 0.104. The van der Waals surface area contributed by atoms with Crippen molar-refractivity contribution in [3.05, 3.63) is 30.1 Å².